The number of hydrogen-bond donors (Lipinski definition) is 3. The van der Waals surface area contributed by atoms with Crippen LogP contribution in [0.15, 0.2) is 73.1 Å². The molecule has 0 saturated carbocycles. The summed E-state index contributed by atoms with van der Waals surface area (Å²) in [6.07, 6.45) is 4.06. The fourth-order valence-electron chi connectivity index (χ4n) is 5.04. The fraction of sp³-hybridized carbons (Fsp3) is 0.242. The third-order valence-electron chi connectivity index (χ3n) is 7.54. The first-order valence-corrected chi connectivity index (χ1v) is 14.0. The monoisotopic (exact) mass is 601 g/mol. The van der Waals surface area contributed by atoms with Crippen LogP contribution in [0.2, 0.25) is 5.02 Å². The molecule has 0 radical (unpaired) electrons. The maximum absolute atomic E-state index is 14.6. The van der Waals surface area contributed by atoms with Crippen molar-refractivity contribution in [3.8, 4) is 28.7 Å². The molecule has 1 aliphatic carbocycles. The van der Waals surface area contributed by atoms with E-state index in [0.717, 1.165) is 16.7 Å². The number of rotatable bonds is 11. The number of nitriles is 1. The zero-order chi connectivity index (χ0) is 30.6. The molecule has 3 N–H and O–H groups in total. The minimum absolute atomic E-state index is 0.0213. The summed E-state index contributed by atoms with van der Waals surface area (Å²) in [5.41, 5.74) is 3.33. The average Bonchev–Trinajstić information content (AvgIpc) is 3.43. The normalized spacial score (nSPS) is 15.3. The van der Waals surface area contributed by atoms with E-state index in [1.54, 1.807) is 36.5 Å². The lowest BCUT2D eigenvalue weighted by molar-refractivity contribution is -0.145. The van der Waals surface area contributed by atoms with E-state index >= 15 is 0 Å². The number of aliphatic hydroxyl groups is 1. The quantitative estimate of drug-likeness (QED) is 0.192. The van der Waals surface area contributed by atoms with Crippen LogP contribution in [0.4, 0.5) is 4.39 Å². The molecule has 3 aromatic carbocycles. The Morgan fingerprint density at radius 2 is 1.95 bits per heavy atom. The van der Waals surface area contributed by atoms with Crippen molar-refractivity contribution in [2.75, 3.05) is 6.61 Å². The topological polar surface area (TPSA) is 125 Å². The summed E-state index contributed by atoms with van der Waals surface area (Å²) in [6.45, 7) is 0.843. The molecule has 8 nitrogen and oxygen atoms in total. The second kappa shape index (κ2) is 12.8. The number of nitrogens with zero attached hydrogens (tertiary/aromatic N) is 2. The molecule has 43 heavy (non-hydrogen) atoms. The third kappa shape index (κ3) is 6.47. The van der Waals surface area contributed by atoms with Gasteiger partial charge in [0.15, 0.2) is 0 Å². The van der Waals surface area contributed by atoms with Gasteiger partial charge in [0, 0.05) is 41.7 Å². The van der Waals surface area contributed by atoms with Crippen LogP contribution in [0.25, 0.3) is 11.1 Å². The molecular formula is C33H29ClFN3O5. The summed E-state index contributed by atoms with van der Waals surface area (Å²) < 4.78 is 27.2. The molecule has 1 aliphatic rings. The standard InChI is InChI=1S/C33H29ClFN3O5/c1-33(19-39,32(40)41)38-17-22-12-27(34)31(13-30(22)42-18-21-11-20(14-36)15-37-16-21)43-29-10-9-24-23(6-4-7-26(24)29)25-5-2-3-8-28(25)35/h2-8,11-13,15-16,29,38-39H,9-10,17-19H2,1H3,(H,40,41)/t29-,33?/m0/s1. The van der Waals surface area contributed by atoms with Gasteiger partial charge in [0.05, 0.1) is 17.2 Å². The zero-order valence-corrected chi connectivity index (χ0v) is 24.1. The van der Waals surface area contributed by atoms with Gasteiger partial charge >= 0.3 is 5.97 Å². The van der Waals surface area contributed by atoms with E-state index in [1.165, 1.54) is 19.2 Å². The molecule has 1 heterocycles. The zero-order valence-electron chi connectivity index (χ0n) is 23.3. The molecule has 0 fully saturated rings. The van der Waals surface area contributed by atoms with Crippen LogP contribution in [0, 0.1) is 17.1 Å². The van der Waals surface area contributed by atoms with Crippen LogP contribution >= 0.6 is 11.6 Å². The number of nitrogens with one attached hydrogen (secondary N) is 1. The van der Waals surface area contributed by atoms with E-state index in [1.807, 2.05) is 30.3 Å². The van der Waals surface area contributed by atoms with Crippen molar-refractivity contribution >= 4 is 17.6 Å². The van der Waals surface area contributed by atoms with Crippen LogP contribution < -0.4 is 14.8 Å². The van der Waals surface area contributed by atoms with Gasteiger partial charge in [-0.05, 0) is 54.7 Å². The SMILES string of the molecule is CC(CO)(NCc1cc(Cl)c(O[C@H]2CCc3c(-c4ccccc4F)cccc32)cc1OCc1cncc(C#N)c1)C(=O)O. The second-order valence-electron chi connectivity index (χ2n) is 10.5. The largest absolute Gasteiger partial charge is 0.488 e. The number of benzene rings is 3. The highest BCUT2D eigenvalue weighted by atomic mass is 35.5. The summed E-state index contributed by atoms with van der Waals surface area (Å²) >= 11 is 6.69. The van der Waals surface area contributed by atoms with E-state index in [-0.39, 0.29) is 30.1 Å². The summed E-state index contributed by atoms with van der Waals surface area (Å²) in [5.74, 6) is -0.762. The van der Waals surface area contributed by atoms with Gasteiger partial charge in [-0.15, -0.1) is 0 Å². The van der Waals surface area contributed by atoms with Crippen molar-refractivity contribution in [2.24, 2.45) is 0 Å². The number of halogens is 2. The Morgan fingerprint density at radius 1 is 1.16 bits per heavy atom. The number of aliphatic hydroxyl groups excluding tert-OH is 1. The van der Waals surface area contributed by atoms with Crippen molar-refractivity contribution in [2.45, 2.75) is 44.6 Å². The van der Waals surface area contributed by atoms with Crippen LogP contribution in [0.3, 0.4) is 0 Å². The van der Waals surface area contributed by atoms with Crippen molar-refractivity contribution in [1.29, 1.82) is 5.26 Å². The predicted molar refractivity (Wildman–Crippen MR) is 158 cm³/mol. The summed E-state index contributed by atoms with van der Waals surface area (Å²) in [6, 6.07) is 19.4. The Morgan fingerprint density at radius 3 is 2.70 bits per heavy atom. The smallest absolute Gasteiger partial charge is 0.326 e. The first-order chi connectivity index (χ1) is 20.7. The molecule has 1 unspecified atom stereocenters. The molecular weight excluding hydrogens is 573 g/mol. The van der Waals surface area contributed by atoms with E-state index in [9.17, 15) is 24.7 Å². The number of ether oxygens (including phenoxy) is 2. The Labute approximate surface area is 253 Å². The maximum Gasteiger partial charge on any atom is 0.326 e. The Hall–Kier alpha value is -4.49. The summed E-state index contributed by atoms with van der Waals surface area (Å²) in [4.78, 5) is 15.8. The van der Waals surface area contributed by atoms with E-state index in [2.05, 4.69) is 10.3 Å². The van der Waals surface area contributed by atoms with Gasteiger partial charge in [0.1, 0.15) is 41.6 Å². The first-order valence-electron chi connectivity index (χ1n) is 13.6. The molecule has 0 bridgehead atoms. The molecule has 0 amide bonds. The molecule has 5 rings (SSSR count). The number of carboxylic acids is 1. The average molecular weight is 602 g/mol. The summed E-state index contributed by atoms with van der Waals surface area (Å²) in [5, 5.41) is 31.6. The molecule has 0 saturated heterocycles. The highest BCUT2D eigenvalue weighted by Gasteiger charge is 2.32. The van der Waals surface area contributed by atoms with Gasteiger partial charge in [-0.2, -0.15) is 5.26 Å². The van der Waals surface area contributed by atoms with Gasteiger partial charge in [-0.25, -0.2) is 4.39 Å². The van der Waals surface area contributed by atoms with Gasteiger partial charge in [-0.1, -0.05) is 48.0 Å². The molecule has 220 valence electrons. The lowest BCUT2D eigenvalue weighted by atomic mass is 9.96. The maximum atomic E-state index is 14.6. The molecule has 1 aromatic heterocycles. The molecule has 10 heteroatoms. The minimum Gasteiger partial charge on any atom is -0.488 e. The molecule has 0 aliphatic heterocycles. The Kier molecular flexibility index (Phi) is 8.92. The summed E-state index contributed by atoms with van der Waals surface area (Å²) in [7, 11) is 0. The molecule has 4 aromatic rings. The number of fused-ring (bicyclic) bond motifs is 1. The van der Waals surface area contributed by atoms with Crippen molar-refractivity contribution in [3.05, 3.63) is 112 Å². The molecule has 0 spiro atoms. The van der Waals surface area contributed by atoms with Crippen LogP contribution in [0.1, 0.15) is 47.3 Å². The van der Waals surface area contributed by atoms with E-state index in [4.69, 9.17) is 21.1 Å². The number of pyridine rings is 1. The number of carboxylic acid groups (broad SMARTS) is 1. The van der Waals surface area contributed by atoms with Crippen molar-refractivity contribution in [1.82, 2.24) is 10.3 Å². The number of aromatic nitrogens is 1. The van der Waals surface area contributed by atoms with Gasteiger partial charge in [0.25, 0.3) is 0 Å². The Bertz CT molecular complexity index is 1710. The number of hydrogen-bond acceptors (Lipinski definition) is 7. The second-order valence-corrected chi connectivity index (χ2v) is 10.9. The van der Waals surface area contributed by atoms with Crippen molar-refractivity contribution < 1.29 is 28.9 Å². The van der Waals surface area contributed by atoms with Crippen LogP contribution in [0.5, 0.6) is 11.5 Å². The number of carbonyl (C=O) groups is 1. The minimum atomic E-state index is -1.59. The third-order valence-corrected chi connectivity index (χ3v) is 7.83. The fourth-order valence-corrected chi connectivity index (χ4v) is 5.27. The highest BCUT2D eigenvalue weighted by Crippen LogP contribution is 2.43. The molecule has 2 atom stereocenters. The van der Waals surface area contributed by atoms with Gasteiger partial charge < -0.3 is 19.7 Å². The lowest BCUT2D eigenvalue weighted by Gasteiger charge is -2.25. The predicted octanol–water partition coefficient (Wildman–Crippen LogP) is 5.98. The van der Waals surface area contributed by atoms with Crippen LogP contribution in [-0.2, 0) is 24.4 Å². The first kappa shape index (κ1) is 30.0. The highest BCUT2D eigenvalue weighted by molar-refractivity contribution is 6.32. The lowest BCUT2D eigenvalue weighted by Crippen LogP contribution is -2.52. The van der Waals surface area contributed by atoms with E-state index in [0.29, 0.717) is 46.6 Å². The Balaban J connectivity index is 1.44. The number of aliphatic carboxylic acids is 1. The van der Waals surface area contributed by atoms with Gasteiger partial charge in [-0.3, -0.25) is 15.1 Å². The van der Waals surface area contributed by atoms with Crippen LogP contribution in [-0.4, -0.2) is 33.3 Å². The van der Waals surface area contributed by atoms with E-state index < -0.39 is 18.1 Å². The van der Waals surface area contributed by atoms with Crippen molar-refractivity contribution in [3.63, 3.8) is 0 Å². The van der Waals surface area contributed by atoms with Gasteiger partial charge in [0.2, 0.25) is 0 Å².